The van der Waals surface area contributed by atoms with E-state index in [9.17, 15) is 9.90 Å². The molecule has 4 unspecified atom stereocenters. The summed E-state index contributed by atoms with van der Waals surface area (Å²) in [6.07, 6.45) is 29.2. The first-order valence-corrected chi connectivity index (χ1v) is 16.5. The van der Waals surface area contributed by atoms with Gasteiger partial charge in [0.1, 0.15) is 5.60 Å². The predicted octanol–water partition coefficient (Wildman–Crippen LogP) is 9.82. The van der Waals surface area contributed by atoms with Crippen LogP contribution in [0.15, 0.2) is 106 Å². The number of carbonyl (C=O) groups is 1. The average Bonchev–Trinajstić information content (AvgIpc) is 3.46. The lowest BCUT2D eigenvalue weighted by Gasteiger charge is -2.40. The Morgan fingerprint density at radius 2 is 1.38 bits per heavy atom. The van der Waals surface area contributed by atoms with Crippen LogP contribution in [0.25, 0.3) is 0 Å². The van der Waals surface area contributed by atoms with Gasteiger partial charge in [-0.25, -0.2) is 0 Å². The van der Waals surface area contributed by atoms with Gasteiger partial charge in [-0.15, -0.1) is 0 Å². The van der Waals surface area contributed by atoms with E-state index >= 15 is 0 Å². The maximum atomic E-state index is 12.3. The van der Waals surface area contributed by atoms with Gasteiger partial charge in [0, 0.05) is 19.1 Å². The van der Waals surface area contributed by atoms with Crippen molar-refractivity contribution >= 4 is 5.78 Å². The smallest absolute Gasteiger partial charge is 0.158 e. The predicted molar refractivity (Wildman–Crippen MR) is 189 cm³/mol. The molecule has 0 aromatic rings. The fraction of sp³-hybridized carbons (Fsp3) is 0.537. The van der Waals surface area contributed by atoms with Gasteiger partial charge in [-0.2, -0.15) is 0 Å². The van der Waals surface area contributed by atoms with E-state index in [-0.39, 0.29) is 40.0 Å². The summed E-state index contributed by atoms with van der Waals surface area (Å²) < 4.78 is 11.9. The van der Waals surface area contributed by atoms with Crippen molar-refractivity contribution in [1.29, 1.82) is 0 Å². The van der Waals surface area contributed by atoms with Gasteiger partial charge in [-0.05, 0) is 83.6 Å². The zero-order valence-corrected chi connectivity index (χ0v) is 29.8. The van der Waals surface area contributed by atoms with Crippen LogP contribution < -0.4 is 0 Å². The van der Waals surface area contributed by atoms with Crippen LogP contribution in [-0.2, 0) is 14.3 Å². The third kappa shape index (κ3) is 8.93. The molecule has 45 heavy (non-hydrogen) atoms. The van der Waals surface area contributed by atoms with Gasteiger partial charge in [0.15, 0.2) is 5.78 Å². The van der Waals surface area contributed by atoms with Crippen molar-refractivity contribution in [3.63, 3.8) is 0 Å². The Hall–Kier alpha value is -2.79. The maximum absolute atomic E-state index is 12.3. The van der Waals surface area contributed by atoms with Crippen LogP contribution in [0, 0.1) is 10.8 Å². The molecule has 0 radical (unpaired) electrons. The average molecular weight is 615 g/mol. The Morgan fingerprint density at radius 3 is 1.93 bits per heavy atom. The molecular formula is C41H58O4. The van der Waals surface area contributed by atoms with E-state index in [4.69, 9.17) is 9.47 Å². The topological polar surface area (TPSA) is 59.1 Å². The number of fused-ring (bicyclic) bond motifs is 1. The molecule has 4 nitrogen and oxygen atoms in total. The van der Waals surface area contributed by atoms with Gasteiger partial charge in [-0.3, -0.25) is 4.79 Å². The zero-order valence-electron chi connectivity index (χ0n) is 29.8. The van der Waals surface area contributed by atoms with E-state index < -0.39 is 0 Å². The first-order chi connectivity index (χ1) is 21.0. The monoisotopic (exact) mass is 614 g/mol. The van der Waals surface area contributed by atoms with E-state index in [1.807, 2.05) is 0 Å². The van der Waals surface area contributed by atoms with Gasteiger partial charge in [0.2, 0.25) is 0 Å². The molecule has 3 rings (SSSR count). The first-order valence-electron chi connectivity index (χ1n) is 16.5. The molecule has 1 heterocycles. The minimum Gasteiger partial charge on any atom is -0.393 e. The molecule has 0 aromatic carbocycles. The lowest BCUT2D eigenvalue weighted by atomic mass is 9.61. The number of epoxide rings is 1. The molecule has 1 aliphatic heterocycles. The van der Waals surface area contributed by atoms with Gasteiger partial charge in [0.05, 0.1) is 17.8 Å². The normalized spacial score (nSPS) is 30.8. The van der Waals surface area contributed by atoms with Crippen LogP contribution in [0.2, 0.25) is 0 Å². The summed E-state index contributed by atoms with van der Waals surface area (Å²) in [5.41, 5.74) is 6.27. The number of hydrogen-bond donors (Lipinski definition) is 1. The minimum atomic E-state index is -0.262. The lowest BCUT2D eigenvalue weighted by Crippen LogP contribution is -2.47. The molecule has 0 amide bonds. The van der Waals surface area contributed by atoms with Gasteiger partial charge >= 0.3 is 0 Å². The van der Waals surface area contributed by atoms with Gasteiger partial charge < -0.3 is 14.6 Å². The van der Waals surface area contributed by atoms with Crippen LogP contribution in [0.4, 0.5) is 0 Å². The van der Waals surface area contributed by atoms with Crippen LogP contribution in [0.1, 0.15) is 101 Å². The number of allylic oxidation sites excluding steroid dienone is 17. The summed E-state index contributed by atoms with van der Waals surface area (Å²) in [4.78, 5) is 12.3. The van der Waals surface area contributed by atoms with Crippen LogP contribution >= 0.6 is 0 Å². The van der Waals surface area contributed by atoms with Crippen molar-refractivity contribution in [3.05, 3.63) is 106 Å². The molecule has 2 fully saturated rings. The Balaban J connectivity index is 1.49. The Morgan fingerprint density at radius 1 is 0.822 bits per heavy atom. The molecule has 4 heteroatoms. The zero-order chi connectivity index (χ0) is 33.6. The molecule has 1 saturated carbocycles. The number of aliphatic hydroxyl groups is 1. The van der Waals surface area contributed by atoms with E-state index in [0.717, 1.165) is 54.4 Å². The third-order valence-corrected chi connectivity index (χ3v) is 10.0. The van der Waals surface area contributed by atoms with E-state index in [0.29, 0.717) is 0 Å². The highest BCUT2D eigenvalue weighted by molar-refractivity contribution is 5.96. The second-order valence-corrected chi connectivity index (χ2v) is 15.0. The van der Waals surface area contributed by atoms with Crippen LogP contribution in [0.5, 0.6) is 0 Å². The molecule has 2 aliphatic carbocycles. The second kappa shape index (κ2) is 14.8. The number of carbonyl (C=O) groups excluding carboxylic acids is 1. The SMILES string of the molecule is COC1CC(C)(C)C(C=CC(C)=CC=CC(C)=CC=CC=C(C)C=CC=C(C)CCC23OC2(C)CC(O)CC3(C)C)=C1C(C)=O. The molecule has 0 aromatic heterocycles. The van der Waals surface area contributed by atoms with Crippen molar-refractivity contribution in [3.8, 4) is 0 Å². The number of methoxy groups -OCH3 is 1. The third-order valence-electron chi connectivity index (χ3n) is 10.0. The molecule has 3 aliphatic rings. The minimum absolute atomic E-state index is 0.0150. The van der Waals surface area contributed by atoms with Crippen molar-refractivity contribution in [2.75, 3.05) is 7.11 Å². The molecular weight excluding hydrogens is 556 g/mol. The Labute approximate surface area is 273 Å². The van der Waals surface area contributed by atoms with Crippen LogP contribution in [-0.4, -0.2) is 41.4 Å². The van der Waals surface area contributed by atoms with Gasteiger partial charge in [0.25, 0.3) is 0 Å². The second-order valence-electron chi connectivity index (χ2n) is 15.0. The van der Waals surface area contributed by atoms with Crippen molar-refractivity contribution in [2.45, 2.75) is 125 Å². The number of rotatable bonds is 13. The molecule has 4 atom stereocenters. The van der Waals surface area contributed by atoms with Crippen molar-refractivity contribution < 1.29 is 19.4 Å². The Kier molecular flexibility index (Phi) is 12.0. The van der Waals surface area contributed by atoms with Crippen molar-refractivity contribution in [1.82, 2.24) is 0 Å². The highest BCUT2D eigenvalue weighted by Gasteiger charge is 2.75. The fourth-order valence-corrected chi connectivity index (χ4v) is 7.46. The molecule has 1 N–H and O–H groups in total. The Bertz CT molecular complexity index is 1390. The highest BCUT2D eigenvalue weighted by Crippen LogP contribution is 2.67. The van der Waals surface area contributed by atoms with E-state index in [2.05, 4.69) is 135 Å². The summed E-state index contributed by atoms with van der Waals surface area (Å²) in [6.45, 7) is 21.1. The van der Waals surface area contributed by atoms with Crippen molar-refractivity contribution in [2.24, 2.45) is 10.8 Å². The number of aliphatic hydroxyl groups excluding tert-OH is 1. The number of Topliss-reactive ketones (excluding diaryl/α,β-unsaturated/α-hetero) is 1. The standard InChI is InChI=1S/C41H58O4/c1-29(18-14-20-31(3)22-23-35-37(33(5)42)36(44-11)28-38(35,6)7)16-12-13-17-30(2)19-15-21-32(4)24-25-41-39(8,9)26-34(43)27-40(41,10)45-41/h12-23,34,36,43H,24-28H2,1-11H3. The largest absolute Gasteiger partial charge is 0.393 e. The summed E-state index contributed by atoms with van der Waals surface area (Å²) in [7, 11) is 1.68. The summed E-state index contributed by atoms with van der Waals surface area (Å²) >= 11 is 0. The van der Waals surface area contributed by atoms with Gasteiger partial charge in [-0.1, -0.05) is 123 Å². The molecule has 246 valence electrons. The first kappa shape index (κ1) is 36.7. The number of ether oxygens (including phenoxy) is 2. The van der Waals surface area contributed by atoms with Crippen LogP contribution in [0.3, 0.4) is 0 Å². The number of ketones is 1. The molecule has 1 saturated heterocycles. The maximum Gasteiger partial charge on any atom is 0.158 e. The summed E-state index contributed by atoms with van der Waals surface area (Å²) in [5, 5.41) is 10.3. The lowest BCUT2D eigenvalue weighted by molar-refractivity contribution is -0.114. The quantitative estimate of drug-likeness (QED) is 0.166. The molecule has 0 bridgehead atoms. The number of hydrogen-bond acceptors (Lipinski definition) is 4. The summed E-state index contributed by atoms with van der Waals surface area (Å²) in [6, 6.07) is 0. The van der Waals surface area contributed by atoms with E-state index in [1.165, 1.54) is 11.1 Å². The molecule has 0 spiro atoms. The summed E-state index contributed by atoms with van der Waals surface area (Å²) in [5.74, 6) is 0.0874. The fourth-order valence-electron chi connectivity index (χ4n) is 7.46. The highest BCUT2D eigenvalue weighted by atomic mass is 16.6. The van der Waals surface area contributed by atoms with E-state index in [1.54, 1.807) is 14.0 Å².